The molecule has 0 aliphatic carbocycles. The number of fused-ring (bicyclic) bond motifs is 1. The fourth-order valence-corrected chi connectivity index (χ4v) is 4.89. The Labute approximate surface area is 197 Å². The number of anilines is 1. The zero-order chi connectivity index (χ0) is 23.6. The summed E-state index contributed by atoms with van der Waals surface area (Å²) in [4.78, 5) is 17.2. The van der Waals surface area contributed by atoms with Crippen LogP contribution in [0, 0.1) is 11.6 Å². The first-order valence-corrected chi connectivity index (χ1v) is 11.6. The average molecular weight is 473 g/mol. The highest BCUT2D eigenvalue weighted by atomic mass is 35.5. The molecule has 2 heterocycles. The molecule has 0 radical (unpaired) electrons. The van der Waals surface area contributed by atoms with E-state index in [2.05, 4.69) is 18.7 Å². The lowest BCUT2D eigenvalue weighted by atomic mass is 9.77. The Kier molecular flexibility index (Phi) is 6.86. The summed E-state index contributed by atoms with van der Waals surface area (Å²) in [5.41, 5.74) is 1.81. The Morgan fingerprint density at radius 2 is 1.94 bits per heavy atom. The minimum atomic E-state index is -0.859. The first kappa shape index (κ1) is 23.5. The maximum absolute atomic E-state index is 14.4. The maximum atomic E-state index is 14.4. The van der Waals surface area contributed by atoms with E-state index in [-0.39, 0.29) is 5.41 Å². The number of nitrogens with zero attached hydrogens (tertiary/aromatic N) is 2. The minimum Gasteiger partial charge on any atom is -0.472 e. The summed E-state index contributed by atoms with van der Waals surface area (Å²) in [6.07, 6.45) is 4.93. The van der Waals surface area contributed by atoms with Crippen LogP contribution in [0.3, 0.4) is 0 Å². The van der Waals surface area contributed by atoms with Crippen LogP contribution in [0.1, 0.15) is 48.2 Å². The van der Waals surface area contributed by atoms with Gasteiger partial charge in [-0.3, -0.25) is 9.69 Å². The van der Waals surface area contributed by atoms with E-state index < -0.39 is 23.1 Å². The molecule has 1 atom stereocenters. The third-order valence-corrected chi connectivity index (χ3v) is 6.96. The number of amides is 1. The van der Waals surface area contributed by atoms with Gasteiger partial charge in [0, 0.05) is 34.8 Å². The van der Waals surface area contributed by atoms with Crippen LogP contribution in [-0.2, 0) is 12.0 Å². The largest absolute Gasteiger partial charge is 0.472 e. The lowest BCUT2D eigenvalue weighted by Gasteiger charge is -2.32. The molecule has 1 amide bonds. The van der Waals surface area contributed by atoms with Gasteiger partial charge in [-0.1, -0.05) is 31.5 Å². The van der Waals surface area contributed by atoms with Gasteiger partial charge in [-0.15, -0.1) is 0 Å². The summed E-state index contributed by atoms with van der Waals surface area (Å²) in [5.74, 6) is -2.39. The molecule has 1 aromatic heterocycles. The normalized spacial score (nSPS) is 17.6. The number of benzene rings is 2. The van der Waals surface area contributed by atoms with Crippen LogP contribution in [0.15, 0.2) is 59.4 Å². The van der Waals surface area contributed by atoms with Gasteiger partial charge < -0.3 is 9.32 Å². The number of rotatable bonds is 8. The Morgan fingerprint density at radius 1 is 1.18 bits per heavy atom. The number of hydrogen-bond donors (Lipinski definition) is 0. The van der Waals surface area contributed by atoms with Gasteiger partial charge in [-0.2, -0.15) is 0 Å². The predicted octanol–water partition coefficient (Wildman–Crippen LogP) is 6.43. The van der Waals surface area contributed by atoms with Crippen molar-refractivity contribution in [2.75, 3.05) is 24.5 Å². The second kappa shape index (κ2) is 9.65. The predicted molar refractivity (Wildman–Crippen MR) is 126 cm³/mol. The summed E-state index contributed by atoms with van der Waals surface area (Å²) < 4.78 is 34.0. The minimum absolute atomic E-state index is 0.342. The van der Waals surface area contributed by atoms with Crippen LogP contribution < -0.4 is 4.90 Å². The van der Waals surface area contributed by atoms with Crippen molar-refractivity contribution in [1.29, 1.82) is 0 Å². The van der Waals surface area contributed by atoms with E-state index in [0.29, 0.717) is 17.3 Å². The smallest absolute Gasteiger partial charge is 0.264 e. The summed E-state index contributed by atoms with van der Waals surface area (Å²) in [5, 5.41) is 0.573. The van der Waals surface area contributed by atoms with E-state index in [9.17, 15) is 13.6 Å². The highest BCUT2D eigenvalue weighted by Crippen LogP contribution is 2.47. The molecule has 33 heavy (non-hydrogen) atoms. The molecule has 1 aliphatic heterocycles. The quantitative estimate of drug-likeness (QED) is 0.379. The van der Waals surface area contributed by atoms with E-state index in [1.165, 1.54) is 11.0 Å². The lowest BCUT2D eigenvalue weighted by molar-refractivity contribution is 0.0975. The Hall–Kier alpha value is -2.70. The van der Waals surface area contributed by atoms with E-state index in [1.807, 2.05) is 12.1 Å². The van der Waals surface area contributed by atoms with Crippen molar-refractivity contribution in [3.05, 3.63) is 88.3 Å². The molecule has 4 rings (SSSR count). The van der Waals surface area contributed by atoms with Gasteiger partial charge in [0.2, 0.25) is 0 Å². The van der Waals surface area contributed by atoms with Gasteiger partial charge in [0.1, 0.15) is 17.2 Å². The molecule has 4 nitrogen and oxygen atoms in total. The van der Waals surface area contributed by atoms with Crippen molar-refractivity contribution in [1.82, 2.24) is 4.90 Å². The van der Waals surface area contributed by atoms with Gasteiger partial charge in [-0.25, -0.2) is 8.78 Å². The highest BCUT2D eigenvalue weighted by molar-refractivity contribution is 6.30. The summed E-state index contributed by atoms with van der Waals surface area (Å²) >= 11 is 6.34. The molecule has 0 N–H and O–H groups in total. The molecular weight excluding hydrogens is 446 g/mol. The van der Waals surface area contributed by atoms with Crippen LogP contribution in [0.2, 0.25) is 5.02 Å². The number of furan rings is 1. The molecular formula is C26H27ClF2N2O2. The highest BCUT2D eigenvalue weighted by Gasteiger charge is 2.44. The Bertz CT molecular complexity index is 1120. The summed E-state index contributed by atoms with van der Waals surface area (Å²) in [6, 6.07) is 10.8. The van der Waals surface area contributed by atoms with Crippen LogP contribution in [-0.4, -0.2) is 30.4 Å². The van der Waals surface area contributed by atoms with Crippen LogP contribution in [0.5, 0.6) is 0 Å². The second-order valence-corrected chi connectivity index (χ2v) is 8.97. The fourth-order valence-electron chi connectivity index (χ4n) is 4.71. The first-order chi connectivity index (χ1) is 15.9. The first-order valence-electron chi connectivity index (χ1n) is 11.2. The van der Waals surface area contributed by atoms with Crippen LogP contribution in [0.25, 0.3) is 0 Å². The van der Waals surface area contributed by atoms with E-state index in [0.717, 1.165) is 55.7 Å². The third-order valence-electron chi connectivity index (χ3n) is 6.72. The van der Waals surface area contributed by atoms with Crippen molar-refractivity contribution < 1.29 is 18.0 Å². The molecule has 2 aromatic carbocycles. The van der Waals surface area contributed by atoms with E-state index >= 15 is 0 Å². The van der Waals surface area contributed by atoms with Crippen molar-refractivity contribution in [2.24, 2.45) is 0 Å². The molecule has 3 aromatic rings. The molecule has 7 heteroatoms. The Morgan fingerprint density at radius 3 is 2.58 bits per heavy atom. The van der Waals surface area contributed by atoms with Crippen LogP contribution in [0.4, 0.5) is 14.5 Å². The molecule has 0 fully saturated rings. The molecule has 0 spiro atoms. The number of halogens is 3. The molecule has 1 unspecified atom stereocenters. The SMILES string of the molecule is CCN(CCC1(CC)CN(C(=O)c2c(F)cccc2F)c2ccc(Cl)cc21)Cc1ccoc1. The van der Waals surface area contributed by atoms with Gasteiger partial charge in [0.15, 0.2) is 0 Å². The van der Waals surface area contributed by atoms with E-state index in [1.54, 1.807) is 24.7 Å². The number of hydrogen-bond acceptors (Lipinski definition) is 3. The zero-order valence-corrected chi connectivity index (χ0v) is 19.5. The third kappa shape index (κ3) is 4.55. The van der Waals surface area contributed by atoms with Gasteiger partial charge in [-0.05, 0) is 67.9 Å². The van der Waals surface area contributed by atoms with Crippen molar-refractivity contribution in [3.8, 4) is 0 Å². The van der Waals surface area contributed by atoms with Crippen molar-refractivity contribution in [3.63, 3.8) is 0 Å². The molecule has 0 bridgehead atoms. The standard InChI is InChI=1S/C26H27ClF2N2O2/c1-3-26(11-12-30(4-2)15-18-10-13-33-16-18)17-31(23-9-8-19(27)14-20(23)26)25(32)24-21(28)6-5-7-22(24)29/h5-10,13-14,16H,3-4,11-12,15,17H2,1-2H3. The number of carbonyl (C=O) groups excluding carboxylic acids is 1. The van der Waals surface area contributed by atoms with Crippen molar-refractivity contribution >= 4 is 23.2 Å². The topological polar surface area (TPSA) is 36.7 Å². The number of carbonyl (C=O) groups is 1. The maximum Gasteiger partial charge on any atom is 0.264 e. The van der Waals surface area contributed by atoms with E-state index in [4.69, 9.17) is 16.0 Å². The van der Waals surface area contributed by atoms with Gasteiger partial charge >= 0.3 is 0 Å². The monoisotopic (exact) mass is 472 g/mol. The molecule has 0 saturated heterocycles. The Balaban J connectivity index is 1.65. The molecule has 1 aliphatic rings. The lowest BCUT2D eigenvalue weighted by Crippen LogP contribution is -2.39. The average Bonchev–Trinajstić information content (AvgIpc) is 3.42. The van der Waals surface area contributed by atoms with Crippen molar-refractivity contribution in [2.45, 2.75) is 38.6 Å². The van der Waals surface area contributed by atoms with Crippen LogP contribution >= 0.6 is 11.6 Å². The zero-order valence-electron chi connectivity index (χ0n) is 18.8. The summed E-state index contributed by atoms with van der Waals surface area (Å²) in [6.45, 7) is 6.94. The second-order valence-electron chi connectivity index (χ2n) is 8.53. The van der Waals surface area contributed by atoms with Gasteiger partial charge in [0.05, 0.1) is 12.5 Å². The molecule has 0 saturated carbocycles. The molecule has 174 valence electrons. The fraction of sp³-hybridized carbons (Fsp3) is 0.346. The summed E-state index contributed by atoms with van der Waals surface area (Å²) in [7, 11) is 0. The van der Waals surface area contributed by atoms with Gasteiger partial charge in [0.25, 0.3) is 5.91 Å².